The van der Waals surface area contributed by atoms with Gasteiger partial charge in [-0.05, 0) is 17.7 Å². The Kier molecular flexibility index (Phi) is 3.54. The van der Waals surface area contributed by atoms with Gasteiger partial charge < -0.3 is 15.3 Å². The molecule has 0 aromatic heterocycles. The van der Waals surface area contributed by atoms with Crippen LogP contribution in [0.3, 0.4) is 0 Å². The number of carbonyl (C=O) groups is 1. The molecule has 1 aromatic rings. The van der Waals surface area contributed by atoms with Crippen LogP contribution in [0.5, 0.6) is 0 Å². The second-order valence-electron chi connectivity index (χ2n) is 4.28. The lowest BCUT2D eigenvalue weighted by Crippen LogP contribution is -2.40. The molecule has 0 radical (unpaired) electrons. The zero-order chi connectivity index (χ0) is 12.4. The summed E-state index contributed by atoms with van der Waals surface area (Å²) in [6.07, 6.45) is -0.891. The minimum absolute atomic E-state index is 0.0197. The standard InChI is InChI=1S/C12H15ClN2O2/c1-15(12(16)17)11-7-14-6-10(11)8-2-4-9(13)5-3-8/h2-5,10-11,14H,6-7H2,1H3,(H,16,17)/t10-,11+/m1/s1. The predicted molar refractivity (Wildman–Crippen MR) is 66.6 cm³/mol. The average molecular weight is 255 g/mol. The van der Waals surface area contributed by atoms with Crippen LogP contribution in [0.15, 0.2) is 24.3 Å². The first kappa shape index (κ1) is 12.2. The van der Waals surface area contributed by atoms with Crippen LogP contribution in [0.1, 0.15) is 11.5 Å². The van der Waals surface area contributed by atoms with E-state index < -0.39 is 6.09 Å². The van der Waals surface area contributed by atoms with E-state index in [-0.39, 0.29) is 12.0 Å². The van der Waals surface area contributed by atoms with Crippen molar-refractivity contribution in [3.05, 3.63) is 34.9 Å². The predicted octanol–water partition coefficient (Wildman–Crippen LogP) is 2.01. The maximum Gasteiger partial charge on any atom is 0.407 e. The van der Waals surface area contributed by atoms with Crippen molar-refractivity contribution in [2.45, 2.75) is 12.0 Å². The Labute approximate surface area is 105 Å². The summed E-state index contributed by atoms with van der Waals surface area (Å²) < 4.78 is 0. The molecule has 0 saturated carbocycles. The van der Waals surface area contributed by atoms with Crippen LogP contribution in [0.25, 0.3) is 0 Å². The van der Waals surface area contributed by atoms with E-state index >= 15 is 0 Å². The Hall–Kier alpha value is -1.26. The van der Waals surface area contributed by atoms with Gasteiger partial charge in [0, 0.05) is 31.1 Å². The van der Waals surface area contributed by atoms with E-state index in [4.69, 9.17) is 16.7 Å². The quantitative estimate of drug-likeness (QED) is 0.849. The molecule has 2 N–H and O–H groups in total. The van der Waals surface area contributed by atoms with Crippen molar-refractivity contribution in [2.75, 3.05) is 20.1 Å². The molecule has 1 heterocycles. The number of hydrogen-bond acceptors (Lipinski definition) is 2. The highest BCUT2D eigenvalue weighted by atomic mass is 35.5. The number of hydrogen-bond donors (Lipinski definition) is 2. The highest BCUT2D eigenvalue weighted by Gasteiger charge is 2.33. The topological polar surface area (TPSA) is 52.6 Å². The second kappa shape index (κ2) is 4.94. The molecule has 4 nitrogen and oxygen atoms in total. The van der Waals surface area contributed by atoms with Gasteiger partial charge >= 0.3 is 6.09 Å². The molecule has 0 unspecified atom stereocenters. The van der Waals surface area contributed by atoms with E-state index in [9.17, 15) is 4.79 Å². The molecule has 2 atom stereocenters. The first-order chi connectivity index (χ1) is 8.09. The summed E-state index contributed by atoms with van der Waals surface area (Å²) in [5.74, 6) is 0.188. The van der Waals surface area contributed by atoms with Crippen molar-refractivity contribution in [1.29, 1.82) is 0 Å². The van der Waals surface area contributed by atoms with Crippen molar-refractivity contribution in [1.82, 2.24) is 10.2 Å². The van der Waals surface area contributed by atoms with Gasteiger partial charge in [-0.1, -0.05) is 23.7 Å². The zero-order valence-corrected chi connectivity index (χ0v) is 10.3. The number of nitrogens with one attached hydrogen (secondary N) is 1. The SMILES string of the molecule is CN(C(=O)O)[C@H]1CNC[C@@H]1c1ccc(Cl)cc1. The van der Waals surface area contributed by atoms with E-state index in [0.717, 1.165) is 12.1 Å². The summed E-state index contributed by atoms with van der Waals surface area (Å²) in [6.45, 7) is 1.49. The van der Waals surface area contributed by atoms with Gasteiger partial charge in [0.1, 0.15) is 0 Å². The fraction of sp³-hybridized carbons (Fsp3) is 0.417. The normalized spacial score (nSPS) is 23.6. The van der Waals surface area contributed by atoms with Crippen molar-refractivity contribution in [3.8, 4) is 0 Å². The third kappa shape index (κ3) is 2.53. The molecule has 92 valence electrons. The Morgan fingerprint density at radius 2 is 2.06 bits per heavy atom. The van der Waals surface area contributed by atoms with Crippen LogP contribution in [-0.4, -0.2) is 42.3 Å². The molecule has 1 saturated heterocycles. The van der Waals surface area contributed by atoms with Crippen molar-refractivity contribution in [3.63, 3.8) is 0 Å². The summed E-state index contributed by atoms with van der Waals surface area (Å²) in [7, 11) is 1.61. The van der Waals surface area contributed by atoms with Crippen LogP contribution in [0.4, 0.5) is 4.79 Å². The van der Waals surface area contributed by atoms with E-state index in [1.165, 1.54) is 4.90 Å². The fourth-order valence-corrected chi connectivity index (χ4v) is 2.39. The van der Waals surface area contributed by atoms with Gasteiger partial charge in [0.2, 0.25) is 0 Å². The first-order valence-electron chi connectivity index (χ1n) is 5.51. The van der Waals surface area contributed by atoms with Gasteiger partial charge in [-0.3, -0.25) is 0 Å². The number of halogens is 1. The van der Waals surface area contributed by atoms with E-state index in [1.807, 2.05) is 24.3 Å². The molecule has 1 aromatic carbocycles. The lowest BCUT2D eigenvalue weighted by Gasteiger charge is -2.26. The Morgan fingerprint density at radius 3 is 2.65 bits per heavy atom. The smallest absolute Gasteiger partial charge is 0.407 e. The van der Waals surface area contributed by atoms with Crippen molar-refractivity contribution >= 4 is 17.7 Å². The maximum absolute atomic E-state index is 11.0. The molecule has 1 aliphatic heterocycles. The number of nitrogens with zero attached hydrogens (tertiary/aromatic N) is 1. The zero-order valence-electron chi connectivity index (χ0n) is 9.56. The van der Waals surface area contributed by atoms with Crippen LogP contribution in [0, 0.1) is 0 Å². The van der Waals surface area contributed by atoms with Crippen molar-refractivity contribution in [2.24, 2.45) is 0 Å². The Morgan fingerprint density at radius 1 is 1.41 bits per heavy atom. The summed E-state index contributed by atoms with van der Waals surface area (Å²) in [5, 5.41) is 13.0. The number of likely N-dealkylation sites (N-methyl/N-ethyl adjacent to an activating group) is 1. The van der Waals surface area contributed by atoms with Gasteiger partial charge in [-0.15, -0.1) is 0 Å². The molecule has 0 spiro atoms. The summed E-state index contributed by atoms with van der Waals surface area (Å²) in [4.78, 5) is 12.4. The third-order valence-corrected chi connectivity index (χ3v) is 3.53. The minimum atomic E-state index is -0.891. The molecule has 2 rings (SSSR count). The lowest BCUT2D eigenvalue weighted by atomic mass is 9.94. The molecule has 1 fully saturated rings. The van der Waals surface area contributed by atoms with Gasteiger partial charge in [0.25, 0.3) is 0 Å². The van der Waals surface area contributed by atoms with Gasteiger partial charge in [-0.2, -0.15) is 0 Å². The van der Waals surface area contributed by atoms with Gasteiger partial charge in [0.05, 0.1) is 6.04 Å². The molecule has 1 aliphatic rings. The minimum Gasteiger partial charge on any atom is -0.465 e. The first-order valence-corrected chi connectivity index (χ1v) is 5.89. The highest BCUT2D eigenvalue weighted by molar-refractivity contribution is 6.30. The molecule has 17 heavy (non-hydrogen) atoms. The summed E-state index contributed by atoms with van der Waals surface area (Å²) >= 11 is 5.85. The lowest BCUT2D eigenvalue weighted by molar-refractivity contribution is 0.138. The van der Waals surface area contributed by atoms with Crippen LogP contribution >= 0.6 is 11.6 Å². The molecule has 5 heteroatoms. The van der Waals surface area contributed by atoms with Crippen LogP contribution in [-0.2, 0) is 0 Å². The molecule has 0 aliphatic carbocycles. The molecular weight excluding hydrogens is 240 g/mol. The molecule has 0 bridgehead atoms. The number of carboxylic acid groups (broad SMARTS) is 1. The van der Waals surface area contributed by atoms with Crippen LogP contribution < -0.4 is 5.32 Å². The highest BCUT2D eigenvalue weighted by Crippen LogP contribution is 2.27. The second-order valence-corrected chi connectivity index (χ2v) is 4.71. The monoisotopic (exact) mass is 254 g/mol. The summed E-state index contributed by atoms with van der Waals surface area (Å²) in [6, 6.07) is 7.58. The average Bonchev–Trinajstić information content (AvgIpc) is 2.77. The van der Waals surface area contributed by atoms with Crippen LogP contribution in [0.2, 0.25) is 5.02 Å². The fourth-order valence-electron chi connectivity index (χ4n) is 2.26. The van der Waals surface area contributed by atoms with Gasteiger partial charge in [0.15, 0.2) is 0 Å². The van der Waals surface area contributed by atoms with Crippen molar-refractivity contribution < 1.29 is 9.90 Å². The molecule has 1 amide bonds. The number of benzene rings is 1. The Balaban J connectivity index is 2.19. The molecular formula is C12H15ClN2O2. The number of rotatable bonds is 2. The number of amides is 1. The summed E-state index contributed by atoms with van der Waals surface area (Å²) in [5.41, 5.74) is 1.12. The largest absolute Gasteiger partial charge is 0.465 e. The third-order valence-electron chi connectivity index (χ3n) is 3.28. The maximum atomic E-state index is 11.0. The van der Waals surface area contributed by atoms with E-state index in [2.05, 4.69) is 5.32 Å². The van der Waals surface area contributed by atoms with E-state index in [1.54, 1.807) is 7.05 Å². The van der Waals surface area contributed by atoms with Gasteiger partial charge in [-0.25, -0.2) is 4.79 Å². The Bertz CT molecular complexity index is 407. The van der Waals surface area contributed by atoms with E-state index in [0.29, 0.717) is 11.6 Å².